The van der Waals surface area contributed by atoms with Gasteiger partial charge in [-0.05, 0) is 36.4 Å². The summed E-state index contributed by atoms with van der Waals surface area (Å²) in [7, 11) is 1.29. The lowest BCUT2D eigenvalue weighted by Gasteiger charge is -2.06. The highest BCUT2D eigenvalue weighted by Crippen LogP contribution is 2.10. The van der Waals surface area contributed by atoms with E-state index in [1.54, 1.807) is 30.5 Å². The Bertz CT molecular complexity index is 662. The number of amides is 1. The number of esters is 2. The molecule has 0 spiro atoms. The van der Waals surface area contributed by atoms with E-state index in [-0.39, 0.29) is 5.69 Å². The Labute approximate surface area is 126 Å². The average molecular weight is 302 g/mol. The number of methoxy groups -OCH3 is 1. The molecule has 1 aromatic heterocycles. The molecular formula is C15H14N2O5. The average Bonchev–Trinajstić information content (AvgIpc) is 3.07. The molecule has 2 N–H and O–H groups in total. The minimum absolute atomic E-state index is 0.273. The first-order valence-electron chi connectivity index (χ1n) is 6.39. The molecule has 2 rings (SSSR count). The van der Waals surface area contributed by atoms with Gasteiger partial charge in [-0.1, -0.05) is 0 Å². The summed E-state index contributed by atoms with van der Waals surface area (Å²) in [5.41, 5.74) is 1.13. The van der Waals surface area contributed by atoms with Crippen molar-refractivity contribution in [1.29, 1.82) is 0 Å². The van der Waals surface area contributed by atoms with Gasteiger partial charge < -0.3 is 19.8 Å². The minimum Gasteiger partial charge on any atom is -0.465 e. The predicted octanol–water partition coefficient (Wildman–Crippen LogP) is 1.60. The second kappa shape index (κ2) is 7.07. The maximum absolute atomic E-state index is 11.7. The maximum atomic E-state index is 11.7. The van der Waals surface area contributed by atoms with Gasteiger partial charge in [0.25, 0.3) is 5.91 Å². The summed E-state index contributed by atoms with van der Waals surface area (Å²) in [5.74, 6) is -1.55. The zero-order valence-electron chi connectivity index (χ0n) is 11.8. The number of aromatic nitrogens is 1. The molecule has 0 aliphatic heterocycles. The van der Waals surface area contributed by atoms with E-state index in [1.165, 1.54) is 19.2 Å². The second-order valence-electron chi connectivity index (χ2n) is 4.28. The van der Waals surface area contributed by atoms with Gasteiger partial charge >= 0.3 is 11.9 Å². The third-order valence-electron chi connectivity index (χ3n) is 2.74. The van der Waals surface area contributed by atoms with Gasteiger partial charge in [0.1, 0.15) is 5.69 Å². The van der Waals surface area contributed by atoms with Crippen molar-refractivity contribution in [3.63, 3.8) is 0 Å². The van der Waals surface area contributed by atoms with Crippen molar-refractivity contribution in [1.82, 2.24) is 4.98 Å². The zero-order valence-corrected chi connectivity index (χ0v) is 11.8. The first-order chi connectivity index (χ1) is 10.6. The number of anilines is 1. The van der Waals surface area contributed by atoms with E-state index < -0.39 is 24.5 Å². The summed E-state index contributed by atoms with van der Waals surface area (Å²) in [5, 5.41) is 2.55. The molecule has 0 unspecified atom stereocenters. The molecule has 114 valence electrons. The van der Waals surface area contributed by atoms with Crippen LogP contribution < -0.4 is 5.32 Å². The molecule has 1 heterocycles. The van der Waals surface area contributed by atoms with Gasteiger partial charge in [0.05, 0.1) is 12.7 Å². The van der Waals surface area contributed by atoms with Gasteiger partial charge in [-0.2, -0.15) is 0 Å². The van der Waals surface area contributed by atoms with E-state index in [0.29, 0.717) is 11.3 Å². The highest BCUT2D eigenvalue weighted by molar-refractivity contribution is 5.95. The van der Waals surface area contributed by atoms with Crippen molar-refractivity contribution in [2.75, 3.05) is 19.0 Å². The third-order valence-corrected chi connectivity index (χ3v) is 2.74. The van der Waals surface area contributed by atoms with Crippen LogP contribution >= 0.6 is 0 Å². The number of H-pyrrole nitrogens is 1. The number of carbonyl (C=O) groups is 3. The Balaban J connectivity index is 1.84. The summed E-state index contributed by atoms with van der Waals surface area (Å²) in [6, 6.07) is 9.35. The van der Waals surface area contributed by atoms with Crippen LogP contribution in [0.4, 0.5) is 5.69 Å². The lowest BCUT2D eigenvalue weighted by atomic mass is 10.2. The monoisotopic (exact) mass is 302 g/mol. The third kappa shape index (κ3) is 3.95. The molecule has 0 atom stereocenters. The Hall–Kier alpha value is -3.09. The van der Waals surface area contributed by atoms with Crippen LogP contribution in [0.1, 0.15) is 20.8 Å². The highest BCUT2D eigenvalue weighted by Gasteiger charge is 2.11. The molecule has 0 fully saturated rings. The number of rotatable bonds is 5. The number of benzene rings is 1. The number of hydrogen-bond acceptors (Lipinski definition) is 5. The van der Waals surface area contributed by atoms with E-state index >= 15 is 0 Å². The Morgan fingerprint density at radius 2 is 1.82 bits per heavy atom. The molecule has 1 amide bonds. The number of aromatic amines is 1. The summed E-state index contributed by atoms with van der Waals surface area (Å²) in [6.07, 6.45) is 1.58. The first-order valence-corrected chi connectivity index (χ1v) is 6.39. The van der Waals surface area contributed by atoms with Crippen molar-refractivity contribution in [2.45, 2.75) is 0 Å². The van der Waals surface area contributed by atoms with Crippen LogP contribution in [-0.2, 0) is 14.3 Å². The van der Waals surface area contributed by atoms with Crippen LogP contribution in [0.2, 0.25) is 0 Å². The van der Waals surface area contributed by atoms with E-state index in [4.69, 9.17) is 4.74 Å². The van der Waals surface area contributed by atoms with Crippen LogP contribution in [0.25, 0.3) is 0 Å². The molecule has 0 aliphatic rings. The van der Waals surface area contributed by atoms with Crippen molar-refractivity contribution in [3.05, 3.63) is 53.9 Å². The topological polar surface area (TPSA) is 97.5 Å². The van der Waals surface area contributed by atoms with Crippen LogP contribution in [0, 0.1) is 0 Å². The standard InChI is InChI=1S/C15H14N2O5/c1-21-14(19)10-4-6-11(7-5-10)17-13(18)9-22-15(20)12-3-2-8-16-12/h2-8,16H,9H2,1H3,(H,17,18). The fraction of sp³-hybridized carbons (Fsp3) is 0.133. The summed E-state index contributed by atoms with van der Waals surface area (Å²) in [6.45, 7) is -0.406. The number of nitrogens with one attached hydrogen (secondary N) is 2. The number of hydrogen-bond donors (Lipinski definition) is 2. The lowest BCUT2D eigenvalue weighted by Crippen LogP contribution is -2.21. The van der Waals surface area contributed by atoms with Crippen LogP contribution in [-0.4, -0.2) is 36.5 Å². The second-order valence-corrected chi connectivity index (χ2v) is 4.28. The van der Waals surface area contributed by atoms with Crippen molar-refractivity contribution in [2.24, 2.45) is 0 Å². The summed E-state index contributed by atoms with van der Waals surface area (Å²) >= 11 is 0. The zero-order chi connectivity index (χ0) is 15.9. The van der Waals surface area contributed by atoms with Gasteiger partial charge in [0, 0.05) is 11.9 Å². The SMILES string of the molecule is COC(=O)c1ccc(NC(=O)COC(=O)c2ccc[nH]2)cc1. The van der Waals surface area contributed by atoms with E-state index in [9.17, 15) is 14.4 Å². The van der Waals surface area contributed by atoms with Gasteiger partial charge in [0.15, 0.2) is 6.61 Å². The minimum atomic E-state index is -0.610. The molecule has 22 heavy (non-hydrogen) atoms. The molecule has 2 aromatic rings. The molecule has 7 heteroatoms. The van der Waals surface area contributed by atoms with Gasteiger partial charge in [0.2, 0.25) is 0 Å². The maximum Gasteiger partial charge on any atom is 0.355 e. The van der Waals surface area contributed by atoms with Crippen molar-refractivity contribution >= 4 is 23.5 Å². The quantitative estimate of drug-likeness (QED) is 0.817. The van der Waals surface area contributed by atoms with E-state index in [1.807, 2.05) is 0 Å². The molecule has 0 radical (unpaired) electrons. The van der Waals surface area contributed by atoms with Crippen LogP contribution in [0.5, 0.6) is 0 Å². The molecule has 1 aromatic carbocycles. The normalized spacial score (nSPS) is 9.86. The summed E-state index contributed by atoms with van der Waals surface area (Å²) < 4.78 is 9.41. The molecule has 0 saturated carbocycles. The highest BCUT2D eigenvalue weighted by atomic mass is 16.5. The van der Waals surface area contributed by atoms with E-state index in [0.717, 1.165) is 0 Å². The van der Waals surface area contributed by atoms with Crippen LogP contribution in [0.3, 0.4) is 0 Å². The van der Waals surface area contributed by atoms with Gasteiger partial charge in [-0.3, -0.25) is 4.79 Å². The number of ether oxygens (including phenoxy) is 2. The van der Waals surface area contributed by atoms with Gasteiger partial charge in [-0.15, -0.1) is 0 Å². The molecule has 0 aliphatic carbocycles. The smallest absolute Gasteiger partial charge is 0.355 e. The molecule has 0 saturated heterocycles. The fourth-order valence-electron chi connectivity index (χ4n) is 1.67. The van der Waals surface area contributed by atoms with Crippen molar-refractivity contribution in [3.8, 4) is 0 Å². The number of carbonyl (C=O) groups excluding carboxylic acids is 3. The lowest BCUT2D eigenvalue weighted by molar-refractivity contribution is -0.119. The largest absolute Gasteiger partial charge is 0.465 e. The Morgan fingerprint density at radius 3 is 2.41 bits per heavy atom. The first kappa shape index (κ1) is 15.3. The molecule has 7 nitrogen and oxygen atoms in total. The Kier molecular flexibility index (Phi) is 4.92. The predicted molar refractivity (Wildman–Crippen MR) is 77.5 cm³/mol. The van der Waals surface area contributed by atoms with E-state index in [2.05, 4.69) is 15.0 Å². The van der Waals surface area contributed by atoms with Crippen LogP contribution in [0.15, 0.2) is 42.6 Å². The molecule has 0 bridgehead atoms. The molecular weight excluding hydrogens is 288 g/mol. The fourth-order valence-corrected chi connectivity index (χ4v) is 1.67. The van der Waals surface area contributed by atoms with Crippen molar-refractivity contribution < 1.29 is 23.9 Å². The summed E-state index contributed by atoms with van der Waals surface area (Å²) in [4.78, 5) is 37.2. The van der Waals surface area contributed by atoms with Gasteiger partial charge in [-0.25, -0.2) is 9.59 Å². The Morgan fingerprint density at radius 1 is 1.09 bits per heavy atom.